The summed E-state index contributed by atoms with van der Waals surface area (Å²) in [6, 6.07) is 0. The lowest BCUT2D eigenvalue weighted by atomic mass is 10.1. The van der Waals surface area contributed by atoms with E-state index < -0.39 is 0 Å². The molecule has 0 aromatic carbocycles. The second-order valence-corrected chi connectivity index (χ2v) is 4.54. The lowest BCUT2D eigenvalue weighted by Crippen LogP contribution is -1.80. The van der Waals surface area contributed by atoms with Crippen LogP contribution in [0.1, 0.15) is 61.7 Å². The lowest BCUT2D eigenvalue weighted by Gasteiger charge is -2.00. The van der Waals surface area contributed by atoms with Crippen LogP contribution in [0, 0.1) is 0 Å². The molecule has 0 heteroatoms. The molecule has 0 aromatic rings. The number of rotatable bonds is 6. The van der Waals surface area contributed by atoms with Crippen LogP contribution in [0.15, 0.2) is 34.9 Å². The molecule has 0 bridgehead atoms. The summed E-state index contributed by atoms with van der Waals surface area (Å²) in [5, 5.41) is 0. The molecule has 0 N–H and O–H groups in total. The molecule has 0 aromatic heterocycles. The minimum atomic E-state index is 0. The van der Waals surface area contributed by atoms with Crippen LogP contribution in [0.25, 0.3) is 0 Å². The molecular formula is C15H27+. The predicted molar refractivity (Wildman–Crippen MR) is 72.2 cm³/mol. The highest BCUT2D eigenvalue weighted by atomic mass is 14.0. The Morgan fingerprint density at radius 2 is 1.40 bits per heavy atom. The van der Waals surface area contributed by atoms with Crippen molar-refractivity contribution in [2.24, 2.45) is 0 Å². The van der Waals surface area contributed by atoms with Crippen LogP contribution in [0.2, 0.25) is 0 Å². The fourth-order valence-corrected chi connectivity index (χ4v) is 1.38. The molecule has 86 valence electrons. The Morgan fingerprint density at radius 3 is 1.93 bits per heavy atom. The van der Waals surface area contributed by atoms with Crippen LogP contribution in [-0.2, 0) is 0 Å². The molecule has 0 amide bonds. The van der Waals surface area contributed by atoms with E-state index in [0.29, 0.717) is 0 Å². The zero-order valence-corrected chi connectivity index (χ0v) is 11.1. The summed E-state index contributed by atoms with van der Waals surface area (Å²) in [4.78, 5) is 0. The maximum absolute atomic E-state index is 2.38. The van der Waals surface area contributed by atoms with E-state index in [1.165, 1.54) is 42.4 Å². The van der Waals surface area contributed by atoms with Crippen molar-refractivity contribution in [1.29, 1.82) is 0 Å². The summed E-state index contributed by atoms with van der Waals surface area (Å²) in [5.74, 6) is 0. The Balaban J connectivity index is 0. The third-order valence-electron chi connectivity index (χ3n) is 2.62. The third-order valence-corrected chi connectivity index (χ3v) is 2.62. The van der Waals surface area contributed by atoms with E-state index in [1.54, 1.807) is 0 Å². The molecule has 0 nitrogen and oxygen atoms in total. The van der Waals surface area contributed by atoms with Gasteiger partial charge in [0.25, 0.3) is 0 Å². The minimum absolute atomic E-state index is 0. The third kappa shape index (κ3) is 9.52. The Hall–Kier alpha value is -0.780. The summed E-state index contributed by atoms with van der Waals surface area (Å²) in [7, 11) is 0. The second kappa shape index (κ2) is 8.52. The molecular weight excluding hydrogens is 180 g/mol. The van der Waals surface area contributed by atoms with Gasteiger partial charge in [-0.25, -0.2) is 0 Å². The molecule has 0 saturated carbocycles. The summed E-state index contributed by atoms with van der Waals surface area (Å²) >= 11 is 0. The largest absolute Gasteiger partial charge is 1.00 e. The van der Waals surface area contributed by atoms with Crippen LogP contribution in [-0.4, -0.2) is 0 Å². The SMILES string of the molecule is CC=C(C)CCC=C(C)CCC=C(C)C.[H+]. The first-order valence-corrected chi connectivity index (χ1v) is 5.97. The molecule has 0 radical (unpaired) electrons. The van der Waals surface area contributed by atoms with Gasteiger partial charge in [-0.15, -0.1) is 0 Å². The monoisotopic (exact) mass is 207 g/mol. The average Bonchev–Trinajstić information content (AvgIpc) is 2.17. The van der Waals surface area contributed by atoms with Crippen molar-refractivity contribution >= 4 is 0 Å². The Bertz CT molecular complexity index is 253. The first kappa shape index (κ1) is 14.2. The fourth-order valence-electron chi connectivity index (χ4n) is 1.38. The highest BCUT2D eigenvalue weighted by Crippen LogP contribution is 2.10. The van der Waals surface area contributed by atoms with Crippen molar-refractivity contribution in [2.75, 3.05) is 0 Å². The molecule has 0 fully saturated rings. The first-order valence-electron chi connectivity index (χ1n) is 5.97. The van der Waals surface area contributed by atoms with Gasteiger partial charge in [-0.1, -0.05) is 34.9 Å². The van der Waals surface area contributed by atoms with Gasteiger partial charge in [-0.05, 0) is 60.3 Å². The van der Waals surface area contributed by atoms with Gasteiger partial charge in [0.15, 0.2) is 0 Å². The van der Waals surface area contributed by atoms with Gasteiger partial charge in [-0.2, -0.15) is 0 Å². The molecule has 0 saturated heterocycles. The van der Waals surface area contributed by atoms with Crippen LogP contribution in [0.4, 0.5) is 0 Å². The molecule has 0 rings (SSSR count). The Labute approximate surface area is 97.3 Å². The van der Waals surface area contributed by atoms with Crippen LogP contribution < -0.4 is 0 Å². The maximum atomic E-state index is 2.38. The van der Waals surface area contributed by atoms with Gasteiger partial charge in [0.2, 0.25) is 0 Å². The molecule has 0 aliphatic heterocycles. The molecule has 0 heterocycles. The zero-order valence-electron chi connectivity index (χ0n) is 12.1. The summed E-state index contributed by atoms with van der Waals surface area (Å²) in [6.07, 6.45) is 11.7. The molecule has 0 unspecified atom stereocenters. The smallest absolute Gasteiger partial charge is 0.0887 e. The van der Waals surface area contributed by atoms with Gasteiger partial charge in [0, 0.05) is 0 Å². The number of allylic oxidation sites excluding steroid dienone is 6. The van der Waals surface area contributed by atoms with E-state index in [0.717, 1.165) is 0 Å². The molecule has 0 spiro atoms. The predicted octanol–water partition coefficient (Wildman–Crippen LogP) is 5.54. The van der Waals surface area contributed by atoms with E-state index in [9.17, 15) is 0 Å². The van der Waals surface area contributed by atoms with E-state index in [-0.39, 0.29) is 1.43 Å². The normalized spacial score (nSPS) is 12.9. The van der Waals surface area contributed by atoms with Crippen LogP contribution in [0.3, 0.4) is 0 Å². The fraction of sp³-hybridized carbons (Fsp3) is 0.600. The van der Waals surface area contributed by atoms with Crippen molar-refractivity contribution in [2.45, 2.75) is 60.3 Å². The zero-order chi connectivity index (χ0) is 11.7. The van der Waals surface area contributed by atoms with E-state index >= 15 is 0 Å². The standard InChI is InChI=1S/C15H26/c1-6-14(4)10-8-12-15(5)11-7-9-13(2)3/h6,9,12H,7-8,10-11H2,1-5H3/p+1. The highest BCUT2D eigenvalue weighted by Gasteiger charge is 1.90. The van der Waals surface area contributed by atoms with Gasteiger partial charge in [-0.3, -0.25) is 0 Å². The topological polar surface area (TPSA) is 0 Å². The van der Waals surface area contributed by atoms with E-state index in [2.05, 4.69) is 52.8 Å². The maximum Gasteiger partial charge on any atom is 1.00 e. The van der Waals surface area contributed by atoms with Gasteiger partial charge in [0.1, 0.15) is 0 Å². The summed E-state index contributed by atoms with van der Waals surface area (Å²) in [6.45, 7) is 10.9. The molecule has 15 heavy (non-hydrogen) atoms. The average molecular weight is 207 g/mol. The Kier molecular flexibility index (Phi) is 8.08. The quantitative estimate of drug-likeness (QED) is 0.502. The van der Waals surface area contributed by atoms with Crippen molar-refractivity contribution in [3.63, 3.8) is 0 Å². The number of hydrogen-bond donors (Lipinski definition) is 0. The summed E-state index contributed by atoms with van der Waals surface area (Å²) < 4.78 is 0. The van der Waals surface area contributed by atoms with Crippen molar-refractivity contribution in [3.8, 4) is 0 Å². The van der Waals surface area contributed by atoms with Gasteiger partial charge >= 0.3 is 1.43 Å². The van der Waals surface area contributed by atoms with Crippen molar-refractivity contribution in [1.82, 2.24) is 0 Å². The summed E-state index contributed by atoms with van der Waals surface area (Å²) in [5.41, 5.74) is 4.44. The molecule has 0 atom stereocenters. The Morgan fingerprint density at radius 1 is 0.867 bits per heavy atom. The molecule has 0 aliphatic carbocycles. The highest BCUT2D eigenvalue weighted by molar-refractivity contribution is 5.04. The van der Waals surface area contributed by atoms with E-state index in [4.69, 9.17) is 0 Å². The van der Waals surface area contributed by atoms with Crippen molar-refractivity contribution in [3.05, 3.63) is 34.9 Å². The minimum Gasteiger partial charge on any atom is -0.0887 e. The van der Waals surface area contributed by atoms with Crippen LogP contribution >= 0.6 is 0 Å². The van der Waals surface area contributed by atoms with Crippen molar-refractivity contribution < 1.29 is 1.43 Å². The first-order chi connectivity index (χ1) is 7.06. The van der Waals surface area contributed by atoms with Gasteiger partial charge in [0.05, 0.1) is 0 Å². The van der Waals surface area contributed by atoms with Gasteiger partial charge < -0.3 is 0 Å². The van der Waals surface area contributed by atoms with Crippen LogP contribution in [0.5, 0.6) is 0 Å². The molecule has 0 aliphatic rings. The van der Waals surface area contributed by atoms with E-state index in [1.807, 2.05) is 0 Å². The lowest BCUT2D eigenvalue weighted by molar-refractivity contribution is 0.917. The second-order valence-electron chi connectivity index (χ2n) is 4.54. The number of hydrogen-bond acceptors (Lipinski definition) is 0.